The SMILES string of the molecule is CC[C@H](Oc1ccc(C)cc1)C(=O)N[C@H](C)c1cc(OC)ccc1OC. The molecule has 0 spiro atoms. The Bertz CT molecular complexity index is 727. The average molecular weight is 357 g/mol. The number of hydrogen-bond acceptors (Lipinski definition) is 4. The van der Waals surface area contributed by atoms with E-state index in [0.717, 1.165) is 11.1 Å². The van der Waals surface area contributed by atoms with E-state index < -0.39 is 6.10 Å². The van der Waals surface area contributed by atoms with Crippen molar-refractivity contribution >= 4 is 5.91 Å². The fourth-order valence-electron chi connectivity index (χ4n) is 2.67. The molecule has 0 aliphatic rings. The van der Waals surface area contributed by atoms with Gasteiger partial charge >= 0.3 is 0 Å². The molecule has 0 bridgehead atoms. The lowest BCUT2D eigenvalue weighted by Gasteiger charge is -2.22. The number of nitrogens with one attached hydrogen (secondary N) is 1. The number of carbonyl (C=O) groups is 1. The third-order valence-corrected chi connectivity index (χ3v) is 4.22. The molecule has 2 aromatic rings. The fraction of sp³-hybridized carbons (Fsp3) is 0.381. The second-order valence-electron chi connectivity index (χ2n) is 6.17. The van der Waals surface area contributed by atoms with Gasteiger partial charge in [0.05, 0.1) is 20.3 Å². The van der Waals surface area contributed by atoms with Crippen molar-refractivity contribution in [1.82, 2.24) is 5.32 Å². The zero-order valence-corrected chi connectivity index (χ0v) is 16.0. The zero-order chi connectivity index (χ0) is 19.1. The molecule has 0 aliphatic carbocycles. The second-order valence-corrected chi connectivity index (χ2v) is 6.17. The molecule has 0 heterocycles. The van der Waals surface area contributed by atoms with Crippen LogP contribution in [0.3, 0.4) is 0 Å². The standard InChI is InChI=1S/C21H27NO4/c1-6-19(26-16-9-7-14(2)8-10-16)21(23)22-15(3)18-13-17(24-4)11-12-20(18)25-5/h7-13,15,19H,6H2,1-5H3,(H,22,23)/t15-,19+/m1/s1. The minimum atomic E-state index is -0.559. The van der Waals surface area contributed by atoms with Gasteiger partial charge in [0.25, 0.3) is 5.91 Å². The van der Waals surface area contributed by atoms with Crippen molar-refractivity contribution in [3.05, 3.63) is 53.6 Å². The van der Waals surface area contributed by atoms with Crippen LogP contribution in [0.5, 0.6) is 17.2 Å². The average Bonchev–Trinajstić information content (AvgIpc) is 2.66. The monoisotopic (exact) mass is 357 g/mol. The van der Waals surface area contributed by atoms with Crippen molar-refractivity contribution in [2.75, 3.05) is 14.2 Å². The topological polar surface area (TPSA) is 56.8 Å². The molecule has 1 amide bonds. The lowest BCUT2D eigenvalue weighted by molar-refractivity contribution is -0.128. The van der Waals surface area contributed by atoms with E-state index in [1.165, 1.54) is 0 Å². The summed E-state index contributed by atoms with van der Waals surface area (Å²) in [5, 5.41) is 3.01. The van der Waals surface area contributed by atoms with Crippen molar-refractivity contribution in [3.63, 3.8) is 0 Å². The molecule has 0 unspecified atom stereocenters. The van der Waals surface area contributed by atoms with E-state index in [-0.39, 0.29) is 11.9 Å². The minimum absolute atomic E-state index is 0.162. The van der Waals surface area contributed by atoms with Gasteiger partial charge in [-0.3, -0.25) is 4.79 Å². The fourth-order valence-corrected chi connectivity index (χ4v) is 2.67. The highest BCUT2D eigenvalue weighted by atomic mass is 16.5. The van der Waals surface area contributed by atoms with Crippen LogP contribution < -0.4 is 19.5 Å². The Morgan fingerprint density at radius 2 is 1.69 bits per heavy atom. The molecule has 1 N–H and O–H groups in total. The Labute approximate surface area is 155 Å². The number of aryl methyl sites for hydroxylation is 1. The highest BCUT2D eigenvalue weighted by Gasteiger charge is 2.22. The molecule has 2 atom stereocenters. The predicted molar refractivity (Wildman–Crippen MR) is 102 cm³/mol. The third kappa shape index (κ3) is 4.91. The van der Waals surface area contributed by atoms with Crippen LogP contribution >= 0.6 is 0 Å². The molecule has 26 heavy (non-hydrogen) atoms. The number of carbonyl (C=O) groups excluding carboxylic acids is 1. The largest absolute Gasteiger partial charge is 0.497 e. The normalized spacial score (nSPS) is 12.8. The Morgan fingerprint density at radius 3 is 2.27 bits per heavy atom. The molecule has 0 aromatic heterocycles. The van der Waals surface area contributed by atoms with E-state index in [9.17, 15) is 4.79 Å². The molecule has 0 saturated carbocycles. The van der Waals surface area contributed by atoms with Gasteiger partial charge in [0.15, 0.2) is 6.10 Å². The Hall–Kier alpha value is -2.69. The third-order valence-electron chi connectivity index (χ3n) is 4.22. The van der Waals surface area contributed by atoms with Crippen LogP contribution in [-0.2, 0) is 4.79 Å². The van der Waals surface area contributed by atoms with Gasteiger partial charge in [-0.25, -0.2) is 0 Å². The summed E-state index contributed by atoms with van der Waals surface area (Å²) < 4.78 is 16.5. The van der Waals surface area contributed by atoms with Crippen LogP contribution in [0.15, 0.2) is 42.5 Å². The van der Waals surface area contributed by atoms with Gasteiger partial charge in [-0.1, -0.05) is 24.6 Å². The van der Waals surface area contributed by atoms with Crippen LogP contribution in [0, 0.1) is 6.92 Å². The highest BCUT2D eigenvalue weighted by Crippen LogP contribution is 2.29. The number of benzene rings is 2. The molecule has 5 heteroatoms. The molecule has 140 valence electrons. The Balaban J connectivity index is 2.10. The maximum atomic E-state index is 12.7. The molecular weight excluding hydrogens is 330 g/mol. The van der Waals surface area contributed by atoms with Crippen molar-refractivity contribution in [2.24, 2.45) is 0 Å². The Morgan fingerprint density at radius 1 is 1.04 bits per heavy atom. The number of methoxy groups -OCH3 is 2. The quantitative estimate of drug-likeness (QED) is 0.774. The first-order chi connectivity index (χ1) is 12.5. The van der Waals surface area contributed by atoms with Crippen molar-refractivity contribution in [3.8, 4) is 17.2 Å². The van der Waals surface area contributed by atoms with Crippen molar-refractivity contribution in [2.45, 2.75) is 39.3 Å². The first kappa shape index (κ1) is 19.6. The van der Waals surface area contributed by atoms with Gasteiger partial charge in [0.2, 0.25) is 0 Å². The number of ether oxygens (including phenoxy) is 3. The van der Waals surface area contributed by atoms with Gasteiger partial charge < -0.3 is 19.5 Å². The summed E-state index contributed by atoms with van der Waals surface area (Å²) in [6.45, 7) is 5.85. The summed E-state index contributed by atoms with van der Waals surface area (Å²) in [4.78, 5) is 12.7. The van der Waals surface area contributed by atoms with Crippen LogP contribution in [-0.4, -0.2) is 26.2 Å². The Kier molecular flexibility index (Phi) is 6.89. The van der Waals surface area contributed by atoms with E-state index in [1.807, 2.05) is 63.2 Å². The molecule has 0 saturated heterocycles. The highest BCUT2D eigenvalue weighted by molar-refractivity contribution is 5.81. The van der Waals surface area contributed by atoms with E-state index >= 15 is 0 Å². The van der Waals surface area contributed by atoms with Crippen LogP contribution in [0.1, 0.15) is 37.4 Å². The summed E-state index contributed by atoms with van der Waals surface area (Å²) in [5.41, 5.74) is 2.00. The smallest absolute Gasteiger partial charge is 0.261 e. The maximum Gasteiger partial charge on any atom is 0.261 e. The summed E-state index contributed by atoms with van der Waals surface area (Å²) in [6.07, 6.45) is 0.0125. The van der Waals surface area contributed by atoms with Gasteiger partial charge in [0.1, 0.15) is 17.2 Å². The molecule has 0 radical (unpaired) electrons. The predicted octanol–water partition coefficient (Wildman–Crippen LogP) is 4.05. The summed E-state index contributed by atoms with van der Waals surface area (Å²) in [7, 11) is 3.21. The molecule has 0 aliphatic heterocycles. The molecule has 5 nitrogen and oxygen atoms in total. The van der Waals surface area contributed by atoms with E-state index in [2.05, 4.69) is 5.32 Å². The number of amides is 1. The molecular formula is C21H27NO4. The first-order valence-electron chi connectivity index (χ1n) is 8.74. The van der Waals surface area contributed by atoms with E-state index in [1.54, 1.807) is 14.2 Å². The van der Waals surface area contributed by atoms with Crippen molar-refractivity contribution < 1.29 is 19.0 Å². The molecule has 2 aromatic carbocycles. The molecule has 0 fully saturated rings. The van der Waals surface area contributed by atoms with E-state index in [0.29, 0.717) is 23.7 Å². The van der Waals surface area contributed by atoms with Crippen molar-refractivity contribution in [1.29, 1.82) is 0 Å². The number of hydrogen-bond donors (Lipinski definition) is 1. The van der Waals surface area contributed by atoms with Gasteiger partial charge in [-0.2, -0.15) is 0 Å². The number of rotatable bonds is 8. The van der Waals surface area contributed by atoms with Gasteiger partial charge in [-0.05, 0) is 50.6 Å². The summed E-state index contributed by atoms with van der Waals surface area (Å²) in [5.74, 6) is 1.94. The van der Waals surface area contributed by atoms with Crippen LogP contribution in [0.2, 0.25) is 0 Å². The summed E-state index contributed by atoms with van der Waals surface area (Å²) >= 11 is 0. The molecule has 2 rings (SSSR count). The lowest BCUT2D eigenvalue weighted by atomic mass is 10.1. The lowest BCUT2D eigenvalue weighted by Crippen LogP contribution is -2.39. The van der Waals surface area contributed by atoms with Gasteiger partial charge in [0, 0.05) is 5.56 Å². The van der Waals surface area contributed by atoms with Crippen LogP contribution in [0.4, 0.5) is 0 Å². The second kappa shape index (κ2) is 9.13. The first-order valence-corrected chi connectivity index (χ1v) is 8.74. The minimum Gasteiger partial charge on any atom is -0.497 e. The van der Waals surface area contributed by atoms with Crippen LogP contribution in [0.25, 0.3) is 0 Å². The van der Waals surface area contributed by atoms with Gasteiger partial charge in [-0.15, -0.1) is 0 Å². The zero-order valence-electron chi connectivity index (χ0n) is 16.0. The summed E-state index contributed by atoms with van der Waals surface area (Å²) in [6, 6.07) is 12.9. The maximum absolute atomic E-state index is 12.7. The van der Waals surface area contributed by atoms with E-state index in [4.69, 9.17) is 14.2 Å².